The Morgan fingerprint density at radius 2 is 2.14 bits per heavy atom. The fraction of sp³-hybridized carbons (Fsp3) is 0.273. The number of rotatable bonds is 1. The highest BCUT2D eigenvalue weighted by atomic mass is 16.1. The lowest BCUT2D eigenvalue weighted by molar-refractivity contribution is -0.119. The largest absolute Gasteiger partial charge is 0.349 e. The number of benzene rings is 1. The van der Waals surface area contributed by atoms with Gasteiger partial charge in [0.1, 0.15) is 0 Å². The van der Waals surface area contributed by atoms with Gasteiger partial charge in [-0.2, -0.15) is 0 Å². The van der Waals surface area contributed by atoms with Gasteiger partial charge in [-0.05, 0) is 5.56 Å². The molecule has 1 amide bonds. The lowest BCUT2D eigenvalue weighted by Crippen LogP contribution is -2.24. The number of ketones is 1. The van der Waals surface area contributed by atoms with Crippen molar-refractivity contribution in [1.82, 2.24) is 5.32 Å². The molecule has 1 unspecified atom stereocenters. The van der Waals surface area contributed by atoms with E-state index < -0.39 is 0 Å². The third-order valence-electron chi connectivity index (χ3n) is 2.40. The maximum atomic E-state index is 11.5. The highest BCUT2D eigenvalue weighted by Crippen LogP contribution is 2.30. The van der Waals surface area contributed by atoms with E-state index in [0.29, 0.717) is 6.42 Å². The molecule has 1 aliphatic rings. The van der Waals surface area contributed by atoms with Crippen LogP contribution in [0.4, 0.5) is 0 Å². The number of fused-ring (bicyclic) bond motifs is 1. The van der Waals surface area contributed by atoms with Gasteiger partial charge < -0.3 is 5.32 Å². The van der Waals surface area contributed by atoms with Crippen LogP contribution in [0.5, 0.6) is 0 Å². The summed E-state index contributed by atoms with van der Waals surface area (Å²) in [7, 11) is 0. The van der Waals surface area contributed by atoms with Gasteiger partial charge in [0.15, 0.2) is 5.78 Å². The maximum absolute atomic E-state index is 11.5. The zero-order chi connectivity index (χ0) is 10.1. The van der Waals surface area contributed by atoms with Crippen LogP contribution < -0.4 is 5.32 Å². The second-order valence-electron chi connectivity index (χ2n) is 3.47. The van der Waals surface area contributed by atoms with Crippen LogP contribution in [0, 0.1) is 0 Å². The summed E-state index contributed by atoms with van der Waals surface area (Å²) in [6.45, 7) is 1.46. The van der Waals surface area contributed by atoms with Crippen molar-refractivity contribution in [3.63, 3.8) is 0 Å². The number of amides is 1. The van der Waals surface area contributed by atoms with Crippen LogP contribution in [0.25, 0.3) is 0 Å². The average molecular weight is 189 g/mol. The third-order valence-corrected chi connectivity index (χ3v) is 2.40. The Hall–Kier alpha value is -1.64. The fourth-order valence-corrected chi connectivity index (χ4v) is 1.83. The molecule has 0 bridgehead atoms. The first-order valence-corrected chi connectivity index (χ1v) is 4.57. The van der Waals surface area contributed by atoms with Crippen molar-refractivity contribution < 1.29 is 9.59 Å². The first kappa shape index (κ1) is 8.94. The van der Waals surface area contributed by atoms with Crippen LogP contribution in [0.2, 0.25) is 0 Å². The summed E-state index contributed by atoms with van der Waals surface area (Å²) in [5.41, 5.74) is 1.68. The molecule has 1 aromatic rings. The molecule has 0 spiro atoms. The van der Waals surface area contributed by atoms with Gasteiger partial charge in [0.05, 0.1) is 6.04 Å². The lowest BCUT2D eigenvalue weighted by Gasteiger charge is -2.10. The van der Waals surface area contributed by atoms with Crippen molar-refractivity contribution in [3.05, 3.63) is 35.4 Å². The zero-order valence-electron chi connectivity index (χ0n) is 7.91. The van der Waals surface area contributed by atoms with Crippen LogP contribution in [0.3, 0.4) is 0 Å². The summed E-state index contributed by atoms with van der Waals surface area (Å²) >= 11 is 0. The summed E-state index contributed by atoms with van der Waals surface area (Å²) in [5, 5.41) is 2.77. The third kappa shape index (κ3) is 1.41. The van der Waals surface area contributed by atoms with E-state index in [2.05, 4.69) is 5.32 Å². The Bertz CT molecular complexity index is 396. The molecule has 1 atom stereocenters. The van der Waals surface area contributed by atoms with E-state index in [1.807, 2.05) is 18.2 Å². The molecule has 0 saturated carbocycles. The number of hydrogen-bond acceptors (Lipinski definition) is 2. The molecule has 1 aliphatic carbocycles. The minimum Gasteiger partial charge on any atom is -0.349 e. The summed E-state index contributed by atoms with van der Waals surface area (Å²) in [5.74, 6) is 0.0128. The standard InChI is InChI=1S/C11H11NO2/c1-7(13)12-10-6-11(14)9-5-3-2-4-8(9)10/h2-5,10H,6H2,1H3,(H,12,13). The molecule has 3 heteroatoms. The van der Waals surface area contributed by atoms with Gasteiger partial charge in [-0.3, -0.25) is 9.59 Å². The molecule has 3 nitrogen and oxygen atoms in total. The molecule has 0 fully saturated rings. The fourth-order valence-electron chi connectivity index (χ4n) is 1.83. The van der Waals surface area contributed by atoms with Crippen molar-refractivity contribution in [1.29, 1.82) is 0 Å². The zero-order valence-corrected chi connectivity index (χ0v) is 7.91. The minimum atomic E-state index is -0.129. The average Bonchev–Trinajstić information content (AvgIpc) is 2.44. The second kappa shape index (κ2) is 3.25. The summed E-state index contributed by atoms with van der Waals surface area (Å²) in [4.78, 5) is 22.4. The topological polar surface area (TPSA) is 46.2 Å². The monoisotopic (exact) mass is 189 g/mol. The molecule has 0 heterocycles. The molecule has 1 aromatic carbocycles. The Kier molecular flexibility index (Phi) is 2.08. The number of hydrogen-bond donors (Lipinski definition) is 1. The first-order valence-electron chi connectivity index (χ1n) is 4.57. The molecule has 2 rings (SSSR count). The van der Waals surface area contributed by atoms with Gasteiger partial charge in [-0.25, -0.2) is 0 Å². The van der Waals surface area contributed by atoms with Crippen LogP contribution in [-0.4, -0.2) is 11.7 Å². The van der Waals surface area contributed by atoms with E-state index in [4.69, 9.17) is 0 Å². The Balaban J connectivity index is 2.34. The molecular weight excluding hydrogens is 178 g/mol. The van der Waals surface area contributed by atoms with Crippen LogP contribution in [-0.2, 0) is 4.79 Å². The molecule has 0 radical (unpaired) electrons. The van der Waals surface area contributed by atoms with Crippen molar-refractivity contribution >= 4 is 11.7 Å². The summed E-state index contributed by atoms with van der Waals surface area (Å²) < 4.78 is 0. The van der Waals surface area contributed by atoms with E-state index >= 15 is 0 Å². The minimum absolute atomic E-state index is 0.0977. The second-order valence-corrected chi connectivity index (χ2v) is 3.47. The molecular formula is C11H11NO2. The van der Waals surface area contributed by atoms with Gasteiger partial charge >= 0.3 is 0 Å². The molecule has 14 heavy (non-hydrogen) atoms. The van der Waals surface area contributed by atoms with Crippen molar-refractivity contribution in [2.75, 3.05) is 0 Å². The van der Waals surface area contributed by atoms with Gasteiger partial charge in [0.2, 0.25) is 5.91 Å². The quantitative estimate of drug-likeness (QED) is 0.726. The van der Waals surface area contributed by atoms with E-state index in [9.17, 15) is 9.59 Å². The van der Waals surface area contributed by atoms with Gasteiger partial charge in [-0.1, -0.05) is 24.3 Å². The highest BCUT2D eigenvalue weighted by molar-refractivity contribution is 6.01. The van der Waals surface area contributed by atoms with E-state index in [1.165, 1.54) is 6.92 Å². The van der Waals surface area contributed by atoms with Gasteiger partial charge in [0, 0.05) is 18.9 Å². The van der Waals surface area contributed by atoms with Crippen LogP contribution in [0.1, 0.15) is 35.3 Å². The van der Waals surface area contributed by atoms with Crippen LogP contribution in [0.15, 0.2) is 24.3 Å². The number of Topliss-reactive ketones (excluding diaryl/α,β-unsaturated/α-hetero) is 1. The smallest absolute Gasteiger partial charge is 0.217 e. The van der Waals surface area contributed by atoms with Crippen molar-refractivity contribution in [2.45, 2.75) is 19.4 Å². The lowest BCUT2D eigenvalue weighted by atomic mass is 10.1. The van der Waals surface area contributed by atoms with E-state index in [1.54, 1.807) is 6.07 Å². The van der Waals surface area contributed by atoms with Gasteiger partial charge in [0.25, 0.3) is 0 Å². The van der Waals surface area contributed by atoms with E-state index in [-0.39, 0.29) is 17.7 Å². The van der Waals surface area contributed by atoms with Gasteiger partial charge in [-0.15, -0.1) is 0 Å². The Morgan fingerprint density at radius 3 is 2.86 bits per heavy atom. The molecule has 1 N–H and O–H groups in total. The summed E-state index contributed by atoms with van der Waals surface area (Å²) in [6, 6.07) is 7.29. The number of carbonyl (C=O) groups is 2. The normalized spacial score (nSPS) is 19.2. The van der Waals surface area contributed by atoms with E-state index in [0.717, 1.165) is 11.1 Å². The summed E-state index contributed by atoms with van der Waals surface area (Å²) in [6.07, 6.45) is 0.388. The number of carbonyl (C=O) groups excluding carboxylic acids is 2. The highest BCUT2D eigenvalue weighted by Gasteiger charge is 2.28. The maximum Gasteiger partial charge on any atom is 0.217 e. The molecule has 72 valence electrons. The predicted molar refractivity (Wildman–Crippen MR) is 51.9 cm³/mol. The van der Waals surface area contributed by atoms with Crippen molar-refractivity contribution in [3.8, 4) is 0 Å². The molecule has 0 saturated heterocycles. The first-order chi connectivity index (χ1) is 6.68. The molecule has 0 aromatic heterocycles. The predicted octanol–water partition coefficient (Wildman–Crippen LogP) is 1.45. The SMILES string of the molecule is CC(=O)NC1CC(=O)c2ccccc21. The van der Waals surface area contributed by atoms with Crippen molar-refractivity contribution in [2.24, 2.45) is 0 Å². The molecule has 0 aliphatic heterocycles. The van der Waals surface area contributed by atoms with Crippen LogP contribution >= 0.6 is 0 Å². The Labute approximate surface area is 82.1 Å². The Morgan fingerprint density at radius 1 is 1.43 bits per heavy atom. The number of nitrogens with one attached hydrogen (secondary N) is 1.